The van der Waals surface area contributed by atoms with Crippen molar-refractivity contribution in [2.75, 3.05) is 0 Å². The van der Waals surface area contributed by atoms with E-state index in [1.165, 1.54) is 5.57 Å². The van der Waals surface area contributed by atoms with Gasteiger partial charge in [0.05, 0.1) is 6.10 Å². The van der Waals surface area contributed by atoms with Crippen LogP contribution in [-0.2, 0) is 0 Å². The van der Waals surface area contributed by atoms with Crippen molar-refractivity contribution in [3.8, 4) is 0 Å². The lowest BCUT2D eigenvalue weighted by molar-refractivity contribution is -0.0678. The highest BCUT2D eigenvalue weighted by atomic mass is 16.3. The molecule has 0 spiro atoms. The number of rotatable bonds is 1. The molecule has 4 aliphatic carbocycles. The second-order valence-electron chi connectivity index (χ2n) is 6.34. The zero-order valence-electron chi connectivity index (χ0n) is 10.3. The molecule has 4 aliphatic rings. The Balaban J connectivity index is 2.17. The predicted molar refractivity (Wildman–Crippen MR) is 65.9 cm³/mol. The molecule has 1 nitrogen and oxygen atoms in total. The Morgan fingerprint density at radius 1 is 1.44 bits per heavy atom. The molecule has 0 radical (unpaired) electrons. The van der Waals surface area contributed by atoms with Crippen LogP contribution in [0.4, 0.5) is 0 Å². The molecule has 1 saturated carbocycles. The van der Waals surface area contributed by atoms with Gasteiger partial charge in [-0.3, -0.25) is 0 Å². The van der Waals surface area contributed by atoms with Crippen LogP contribution in [0.15, 0.2) is 36.0 Å². The van der Waals surface area contributed by atoms with E-state index in [-0.39, 0.29) is 22.9 Å². The van der Waals surface area contributed by atoms with Crippen molar-refractivity contribution in [3.63, 3.8) is 0 Å². The molecular weight excluding hydrogens is 196 g/mol. The molecule has 0 amide bonds. The second kappa shape index (κ2) is 2.70. The van der Waals surface area contributed by atoms with Crippen molar-refractivity contribution in [3.05, 3.63) is 36.0 Å². The topological polar surface area (TPSA) is 20.2 Å². The van der Waals surface area contributed by atoms with Gasteiger partial charge < -0.3 is 5.11 Å². The van der Waals surface area contributed by atoms with Crippen LogP contribution >= 0.6 is 0 Å². The molecule has 0 unspecified atom stereocenters. The molecule has 4 bridgehead atoms. The van der Waals surface area contributed by atoms with Crippen LogP contribution in [0.1, 0.15) is 27.2 Å². The van der Waals surface area contributed by atoms with Crippen LogP contribution in [-0.4, -0.2) is 11.2 Å². The molecule has 86 valence electrons. The number of aliphatic hydroxyl groups excluding tert-OH is 1. The lowest BCUT2D eigenvalue weighted by Crippen LogP contribution is -2.54. The summed E-state index contributed by atoms with van der Waals surface area (Å²) in [4.78, 5) is 0. The summed E-state index contributed by atoms with van der Waals surface area (Å²) >= 11 is 0. The fourth-order valence-electron chi connectivity index (χ4n) is 4.20. The summed E-state index contributed by atoms with van der Waals surface area (Å²) in [6.45, 7) is 10.6. The van der Waals surface area contributed by atoms with E-state index in [0.717, 1.165) is 12.0 Å². The molecule has 1 heteroatoms. The van der Waals surface area contributed by atoms with E-state index in [1.54, 1.807) is 0 Å². The lowest BCUT2D eigenvalue weighted by atomic mass is 9.50. The Hall–Kier alpha value is -0.820. The number of hydrogen-bond acceptors (Lipinski definition) is 1. The first kappa shape index (κ1) is 10.3. The quantitative estimate of drug-likeness (QED) is 0.668. The first-order valence-corrected chi connectivity index (χ1v) is 6.14. The van der Waals surface area contributed by atoms with E-state index in [9.17, 15) is 5.11 Å². The first-order chi connectivity index (χ1) is 7.38. The minimum absolute atomic E-state index is 0.0450. The average Bonchev–Trinajstić information content (AvgIpc) is 2.44. The SMILES string of the molecule is C=C(C)C1=C[C@H]2[C@]3(C)C=C[C@@]2(C)C[C@H]1[C@@H]3O. The predicted octanol–water partition coefficient (Wildman–Crippen LogP) is 3.08. The maximum absolute atomic E-state index is 10.5. The van der Waals surface area contributed by atoms with Crippen molar-refractivity contribution in [1.29, 1.82) is 0 Å². The number of allylic oxidation sites excluding steroid dienone is 3. The van der Waals surface area contributed by atoms with E-state index < -0.39 is 0 Å². The summed E-state index contributed by atoms with van der Waals surface area (Å²) in [6, 6.07) is 0. The van der Waals surface area contributed by atoms with Crippen molar-refractivity contribution in [2.45, 2.75) is 33.3 Å². The van der Waals surface area contributed by atoms with Crippen LogP contribution in [0.3, 0.4) is 0 Å². The van der Waals surface area contributed by atoms with Crippen LogP contribution in [0.2, 0.25) is 0 Å². The van der Waals surface area contributed by atoms with Crippen molar-refractivity contribution < 1.29 is 5.11 Å². The Morgan fingerprint density at radius 2 is 2.12 bits per heavy atom. The van der Waals surface area contributed by atoms with Gasteiger partial charge in [0.15, 0.2) is 0 Å². The maximum Gasteiger partial charge on any atom is 0.0702 e. The lowest BCUT2D eigenvalue weighted by Gasteiger charge is -2.55. The van der Waals surface area contributed by atoms with Gasteiger partial charge in [0.2, 0.25) is 0 Å². The van der Waals surface area contributed by atoms with Crippen LogP contribution < -0.4 is 0 Å². The molecular formula is C15H20O. The highest BCUT2D eigenvalue weighted by Gasteiger charge is 2.61. The van der Waals surface area contributed by atoms with Gasteiger partial charge in [-0.15, -0.1) is 0 Å². The molecule has 0 aromatic rings. The Morgan fingerprint density at radius 3 is 2.75 bits per heavy atom. The second-order valence-corrected chi connectivity index (χ2v) is 6.34. The fourth-order valence-corrected chi connectivity index (χ4v) is 4.20. The highest BCUT2D eigenvalue weighted by molar-refractivity contribution is 5.44. The van der Waals surface area contributed by atoms with E-state index in [0.29, 0.717) is 5.92 Å². The third-order valence-corrected chi connectivity index (χ3v) is 5.12. The summed E-state index contributed by atoms with van der Waals surface area (Å²) < 4.78 is 0. The number of hydrogen-bond donors (Lipinski definition) is 1. The van der Waals surface area contributed by atoms with Gasteiger partial charge in [-0.1, -0.05) is 44.2 Å². The van der Waals surface area contributed by atoms with Crippen LogP contribution in [0, 0.1) is 22.7 Å². The maximum atomic E-state index is 10.5. The average molecular weight is 216 g/mol. The summed E-state index contributed by atoms with van der Waals surface area (Å²) in [5, 5.41) is 10.5. The summed E-state index contributed by atoms with van der Waals surface area (Å²) in [5.74, 6) is 0.735. The Labute approximate surface area is 97.6 Å². The summed E-state index contributed by atoms with van der Waals surface area (Å²) in [6.07, 6.45) is 7.79. The van der Waals surface area contributed by atoms with Gasteiger partial charge in [-0.2, -0.15) is 0 Å². The molecule has 1 fully saturated rings. The third kappa shape index (κ3) is 0.958. The molecule has 0 heterocycles. The van der Waals surface area contributed by atoms with Gasteiger partial charge in [0.1, 0.15) is 0 Å². The van der Waals surface area contributed by atoms with E-state index >= 15 is 0 Å². The largest absolute Gasteiger partial charge is 0.392 e. The van der Waals surface area contributed by atoms with Crippen LogP contribution in [0.5, 0.6) is 0 Å². The summed E-state index contributed by atoms with van der Waals surface area (Å²) in [7, 11) is 0. The number of aliphatic hydroxyl groups is 1. The highest BCUT2D eigenvalue weighted by Crippen LogP contribution is 2.65. The zero-order valence-corrected chi connectivity index (χ0v) is 10.3. The zero-order chi connectivity index (χ0) is 11.7. The molecule has 16 heavy (non-hydrogen) atoms. The van der Waals surface area contributed by atoms with Gasteiger partial charge in [0.25, 0.3) is 0 Å². The first-order valence-electron chi connectivity index (χ1n) is 6.14. The molecule has 0 saturated heterocycles. The third-order valence-electron chi connectivity index (χ3n) is 5.12. The monoisotopic (exact) mass is 216 g/mol. The summed E-state index contributed by atoms with van der Waals surface area (Å²) in [5.41, 5.74) is 2.64. The van der Waals surface area contributed by atoms with Gasteiger partial charge in [-0.05, 0) is 30.3 Å². The smallest absolute Gasteiger partial charge is 0.0702 e. The minimum Gasteiger partial charge on any atom is -0.392 e. The van der Waals surface area contributed by atoms with Crippen LogP contribution in [0.25, 0.3) is 0 Å². The van der Waals surface area contributed by atoms with Gasteiger partial charge >= 0.3 is 0 Å². The normalized spacial score (nSPS) is 53.0. The molecule has 0 aromatic carbocycles. The Kier molecular flexibility index (Phi) is 1.75. The van der Waals surface area contributed by atoms with E-state index in [4.69, 9.17) is 0 Å². The van der Waals surface area contributed by atoms with Crippen molar-refractivity contribution in [2.24, 2.45) is 22.7 Å². The molecule has 1 N–H and O–H groups in total. The molecule has 0 aromatic heterocycles. The van der Waals surface area contributed by atoms with Crippen molar-refractivity contribution in [1.82, 2.24) is 0 Å². The Bertz CT molecular complexity index is 431. The molecule has 0 aliphatic heterocycles. The standard InChI is InChI=1S/C15H20O/c1-9(2)10-7-12-14(3)5-6-15(12,4)13(16)11(10)8-14/h5-7,11-13,16H,1,8H2,2-4H3/t11-,12-,13+,14+,15+/m1/s1. The minimum atomic E-state index is -0.235. The fraction of sp³-hybridized carbons (Fsp3) is 0.600. The van der Waals surface area contributed by atoms with E-state index in [1.807, 2.05) is 0 Å². The van der Waals surface area contributed by atoms with Gasteiger partial charge in [-0.25, -0.2) is 0 Å². The van der Waals surface area contributed by atoms with Gasteiger partial charge in [0, 0.05) is 11.3 Å². The van der Waals surface area contributed by atoms with Crippen molar-refractivity contribution >= 4 is 0 Å². The molecule has 5 atom stereocenters. The van der Waals surface area contributed by atoms with E-state index in [2.05, 4.69) is 45.6 Å². The molecule has 4 rings (SSSR count).